The Hall–Kier alpha value is -4.66. The summed E-state index contributed by atoms with van der Waals surface area (Å²) in [5, 5.41) is 12.7. The Balaban J connectivity index is 1.68. The highest BCUT2D eigenvalue weighted by atomic mass is 16.5. The SMILES string of the molecule is COC(=O)c1ccc(C2C3=C(CC(c4ccco4)CC3=O)Nc3ccccc3N2C(=O)CCC(=O)O)cc1. The molecule has 5 rings (SSSR count). The van der Waals surface area contributed by atoms with Crippen LogP contribution in [0.2, 0.25) is 0 Å². The molecular formula is C29H26N2O7. The van der Waals surface area contributed by atoms with Crippen LogP contribution in [0.15, 0.2) is 82.6 Å². The van der Waals surface area contributed by atoms with Crippen molar-refractivity contribution < 1.29 is 33.4 Å². The first-order valence-corrected chi connectivity index (χ1v) is 12.2. The van der Waals surface area contributed by atoms with E-state index < -0.39 is 23.9 Å². The van der Waals surface area contributed by atoms with Crippen molar-refractivity contribution in [3.63, 3.8) is 0 Å². The van der Waals surface area contributed by atoms with Crippen molar-refractivity contribution in [3.8, 4) is 0 Å². The van der Waals surface area contributed by atoms with Gasteiger partial charge in [-0.05, 0) is 48.4 Å². The lowest BCUT2D eigenvalue weighted by atomic mass is 9.80. The maximum Gasteiger partial charge on any atom is 0.337 e. The zero-order valence-corrected chi connectivity index (χ0v) is 20.7. The van der Waals surface area contributed by atoms with Gasteiger partial charge in [-0.2, -0.15) is 0 Å². The van der Waals surface area contributed by atoms with Crippen molar-refractivity contribution in [2.24, 2.45) is 0 Å². The molecule has 1 aliphatic heterocycles. The van der Waals surface area contributed by atoms with Gasteiger partial charge in [-0.1, -0.05) is 24.3 Å². The molecule has 2 heterocycles. The Labute approximate surface area is 218 Å². The Morgan fingerprint density at radius 1 is 1.03 bits per heavy atom. The molecule has 2 unspecified atom stereocenters. The predicted molar refractivity (Wildman–Crippen MR) is 138 cm³/mol. The van der Waals surface area contributed by atoms with Crippen molar-refractivity contribution in [2.75, 3.05) is 17.3 Å². The maximum atomic E-state index is 13.8. The van der Waals surface area contributed by atoms with E-state index in [0.29, 0.717) is 46.0 Å². The van der Waals surface area contributed by atoms with Crippen molar-refractivity contribution in [2.45, 2.75) is 37.6 Å². The highest BCUT2D eigenvalue weighted by molar-refractivity contribution is 6.06. The Kier molecular flexibility index (Phi) is 6.83. The third-order valence-electron chi connectivity index (χ3n) is 6.90. The number of carbonyl (C=O) groups excluding carboxylic acids is 3. The molecule has 2 aliphatic rings. The number of carbonyl (C=O) groups is 4. The molecule has 0 radical (unpaired) electrons. The number of nitrogens with zero attached hydrogens (tertiary/aromatic N) is 1. The maximum absolute atomic E-state index is 13.8. The van der Waals surface area contributed by atoms with Crippen molar-refractivity contribution >= 4 is 35.0 Å². The zero-order valence-electron chi connectivity index (χ0n) is 20.7. The number of hydrogen-bond acceptors (Lipinski definition) is 7. The van der Waals surface area contributed by atoms with Crippen LogP contribution < -0.4 is 10.2 Å². The summed E-state index contributed by atoms with van der Waals surface area (Å²) >= 11 is 0. The second-order valence-corrected chi connectivity index (χ2v) is 9.25. The number of nitrogens with one attached hydrogen (secondary N) is 1. The number of benzene rings is 2. The standard InChI is InChI=1S/C29H26N2O7/c1-37-29(36)18-10-8-17(9-11-18)28-27-21(15-19(16-23(27)32)24-7-4-14-38-24)30-20-5-2-3-6-22(20)31(28)25(33)12-13-26(34)35/h2-11,14,19,28,30H,12-13,15-16H2,1H3,(H,34,35). The molecule has 0 bridgehead atoms. The number of amides is 1. The number of aliphatic carboxylic acids is 1. The minimum absolute atomic E-state index is 0.147. The summed E-state index contributed by atoms with van der Waals surface area (Å²) in [6.07, 6.45) is 1.66. The van der Waals surface area contributed by atoms with E-state index in [1.165, 1.54) is 12.0 Å². The first kappa shape index (κ1) is 25.0. The van der Waals surface area contributed by atoms with E-state index in [0.717, 1.165) is 0 Å². The molecule has 2 aromatic carbocycles. The number of esters is 1. The van der Waals surface area contributed by atoms with Crippen LogP contribution in [0, 0.1) is 0 Å². The topological polar surface area (TPSA) is 126 Å². The smallest absolute Gasteiger partial charge is 0.337 e. The van der Waals surface area contributed by atoms with Gasteiger partial charge in [0.25, 0.3) is 0 Å². The van der Waals surface area contributed by atoms with Gasteiger partial charge in [0.05, 0.1) is 42.8 Å². The average Bonchev–Trinajstić information content (AvgIpc) is 3.41. The molecule has 1 aromatic heterocycles. The van der Waals surface area contributed by atoms with Gasteiger partial charge in [-0.25, -0.2) is 4.79 Å². The van der Waals surface area contributed by atoms with E-state index in [2.05, 4.69) is 5.32 Å². The molecule has 9 nitrogen and oxygen atoms in total. The molecule has 2 N–H and O–H groups in total. The highest BCUT2D eigenvalue weighted by Crippen LogP contribution is 2.47. The molecule has 0 fully saturated rings. The second kappa shape index (κ2) is 10.4. The van der Waals surface area contributed by atoms with Gasteiger partial charge in [0.2, 0.25) is 5.91 Å². The Bertz CT molecular complexity index is 1420. The van der Waals surface area contributed by atoms with Crippen molar-refractivity contribution in [1.82, 2.24) is 0 Å². The number of carboxylic acids is 1. The number of fused-ring (bicyclic) bond motifs is 1. The number of ketones is 1. The minimum atomic E-state index is -1.09. The van der Waals surface area contributed by atoms with Gasteiger partial charge < -0.3 is 19.6 Å². The van der Waals surface area contributed by atoms with Crippen LogP contribution >= 0.6 is 0 Å². The monoisotopic (exact) mass is 514 g/mol. The first-order chi connectivity index (χ1) is 18.4. The van der Waals surface area contributed by atoms with Gasteiger partial charge in [0.15, 0.2) is 5.78 Å². The number of ether oxygens (including phenoxy) is 1. The van der Waals surface area contributed by atoms with Gasteiger partial charge in [-0.3, -0.25) is 19.3 Å². The first-order valence-electron chi connectivity index (χ1n) is 12.2. The fourth-order valence-electron chi connectivity index (χ4n) is 5.16. The quantitative estimate of drug-likeness (QED) is 0.448. The molecule has 9 heteroatoms. The summed E-state index contributed by atoms with van der Waals surface area (Å²) in [6.45, 7) is 0. The van der Waals surface area contributed by atoms with Crippen LogP contribution in [-0.2, 0) is 19.1 Å². The molecule has 0 spiro atoms. The lowest BCUT2D eigenvalue weighted by Crippen LogP contribution is -2.38. The van der Waals surface area contributed by atoms with E-state index >= 15 is 0 Å². The van der Waals surface area contributed by atoms with E-state index in [1.807, 2.05) is 18.2 Å². The second-order valence-electron chi connectivity index (χ2n) is 9.25. The molecule has 2 atom stereocenters. The van der Waals surface area contributed by atoms with E-state index in [9.17, 15) is 24.3 Å². The highest BCUT2D eigenvalue weighted by Gasteiger charge is 2.42. The molecule has 1 amide bonds. The predicted octanol–water partition coefficient (Wildman–Crippen LogP) is 4.83. The molecular weight excluding hydrogens is 488 g/mol. The third-order valence-corrected chi connectivity index (χ3v) is 6.90. The average molecular weight is 515 g/mol. The van der Waals surface area contributed by atoms with Gasteiger partial charge >= 0.3 is 11.9 Å². The summed E-state index contributed by atoms with van der Waals surface area (Å²) in [7, 11) is 1.29. The van der Waals surface area contributed by atoms with Crippen LogP contribution in [0.3, 0.4) is 0 Å². The van der Waals surface area contributed by atoms with Crippen LogP contribution in [0.25, 0.3) is 0 Å². The van der Waals surface area contributed by atoms with Crippen LogP contribution in [0.4, 0.5) is 11.4 Å². The number of furan rings is 1. The van der Waals surface area contributed by atoms with Crippen LogP contribution in [0.5, 0.6) is 0 Å². The minimum Gasteiger partial charge on any atom is -0.481 e. The Morgan fingerprint density at radius 3 is 2.47 bits per heavy atom. The molecule has 0 saturated carbocycles. The number of Topliss-reactive ketones (excluding diaryl/α,β-unsaturated/α-hetero) is 1. The number of rotatable bonds is 6. The Morgan fingerprint density at radius 2 is 1.79 bits per heavy atom. The van der Waals surface area contributed by atoms with E-state index in [1.54, 1.807) is 48.7 Å². The molecule has 3 aromatic rings. The van der Waals surface area contributed by atoms with Crippen LogP contribution in [-0.4, -0.2) is 35.8 Å². The summed E-state index contributed by atoms with van der Waals surface area (Å²) in [6, 6.07) is 16.6. The molecule has 38 heavy (non-hydrogen) atoms. The fraction of sp³-hybridized carbons (Fsp3) is 0.241. The van der Waals surface area contributed by atoms with Gasteiger partial charge in [0.1, 0.15) is 5.76 Å². The molecule has 194 valence electrons. The largest absolute Gasteiger partial charge is 0.481 e. The number of allylic oxidation sites excluding steroid dienone is 1. The summed E-state index contributed by atoms with van der Waals surface area (Å²) < 4.78 is 10.4. The summed E-state index contributed by atoms with van der Waals surface area (Å²) in [5.74, 6) is -1.64. The fourth-order valence-corrected chi connectivity index (χ4v) is 5.16. The lowest BCUT2D eigenvalue weighted by Gasteiger charge is -2.35. The van der Waals surface area contributed by atoms with Gasteiger partial charge in [-0.15, -0.1) is 0 Å². The van der Waals surface area contributed by atoms with Crippen molar-refractivity contribution in [3.05, 3.63) is 95.1 Å². The van der Waals surface area contributed by atoms with Crippen molar-refractivity contribution in [1.29, 1.82) is 0 Å². The zero-order chi connectivity index (χ0) is 26.8. The lowest BCUT2D eigenvalue weighted by molar-refractivity contribution is -0.138. The number of carboxylic acid groups (broad SMARTS) is 1. The van der Waals surface area contributed by atoms with E-state index in [4.69, 9.17) is 9.15 Å². The number of para-hydroxylation sites is 2. The number of methoxy groups -OCH3 is 1. The number of hydrogen-bond donors (Lipinski definition) is 2. The molecule has 1 aliphatic carbocycles. The summed E-state index contributed by atoms with van der Waals surface area (Å²) in [4.78, 5) is 52.4. The molecule has 0 saturated heterocycles. The van der Waals surface area contributed by atoms with Crippen LogP contribution in [0.1, 0.15) is 59.3 Å². The van der Waals surface area contributed by atoms with Gasteiger partial charge in [0, 0.05) is 30.0 Å². The normalized spacial score (nSPS) is 18.7. The summed E-state index contributed by atoms with van der Waals surface area (Å²) in [5.41, 5.74) is 3.20. The van der Waals surface area contributed by atoms with E-state index in [-0.39, 0.29) is 31.0 Å². The number of anilines is 2. The third kappa shape index (κ3) is 4.70.